The molecule has 0 aliphatic heterocycles. The molecule has 0 spiro atoms. The highest BCUT2D eigenvalue weighted by molar-refractivity contribution is 14.1. The number of ether oxygens (including phenoxy) is 1. The summed E-state index contributed by atoms with van der Waals surface area (Å²) in [6.07, 6.45) is 0.935. The molecule has 0 aliphatic rings. The number of aryl methyl sites for hydroxylation is 2. The van der Waals surface area contributed by atoms with E-state index >= 15 is 0 Å². The number of rotatable bonds is 6. The zero-order valence-corrected chi connectivity index (χ0v) is 12.5. The minimum Gasteiger partial charge on any atom is -0.468 e. The average molecular weight is 351 g/mol. The van der Waals surface area contributed by atoms with Crippen LogP contribution in [0.25, 0.3) is 0 Å². The zero-order valence-electron chi connectivity index (χ0n) is 10.4. The van der Waals surface area contributed by atoms with E-state index in [-0.39, 0.29) is 9.89 Å². The molecule has 6 heteroatoms. The number of carbonyl (C=O) groups excluding carboxylic acids is 1. The van der Waals surface area contributed by atoms with Crippen molar-refractivity contribution in [2.24, 2.45) is 7.05 Å². The van der Waals surface area contributed by atoms with Gasteiger partial charge in [0.1, 0.15) is 3.92 Å². The van der Waals surface area contributed by atoms with Crippen molar-refractivity contribution in [2.75, 3.05) is 13.7 Å². The van der Waals surface area contributed by atoms with Crippen molar-refractivity contribution < 1.29 is 9.53 Å². The third-order valence-electron chi connectivity index (χ3n) is 2.48. The van der Waals surface area contributed by atoms with Gasteiger partial charge in [-0.3, -0.25) is 9.48 Å². The van der Waals surface area contributed by atoms with E-state index in [2.05, 4.69) is 50.7 Å². The molecule has 1 N–H and O–H groups in total. The maximum atomic E-state index is 11.2. The first kappa shape index (κ1) is 14.4. The monoisotopic (exact) mass is 351 g/mol. The highest BCUT2D eigenvalue weighted by Gasteiger charge is 2.14. The van der Waals surface area contributed by atoms with Gasteiger partial charge in [0.2, 0.25) is 0 Å². The minimum atomic E-state index is -0.197. The highest BCUT2D eigenvalue weighted by Crippen LogP contribution is 2.05. The molecule has 1 unspecified atom stereocenters. The molecule has 96 valence electrons. The molecule has 0 fully saturated rings. The van der Waals surface area contributed by atoms with E-state index in [0.29, 0.717) is 13.1 Å². The molecule has 17 heavy (non-hydrogen) atoms. The third-order valence-corrected chi connectivity index (χ3v) is 3.43. The maximum Gasteiger partial charge on any atom is 0.319 e. The summed E-state index contributed by atoms with van der Waals surface area (Å²) in [5.41, 5.74) is 2.21. The van der Waals surface area contributed by atoms with Crippen molar-refractivity contribution in [1.29, 1.82) is 0 Å². The van der Waals surface area contributed by atoms with Gasteiger partial charge in [0.05, 0.1) is 18.5 Å². The predicted octanol–water partition coefficient (Wildman–Crippen LogP) is 1.05. The molecule has 5 nitrogen and oxygen atoms in total. The van der Waals surface area contributed by atoms with Gasteiger partial charge >= 0.3 is 5.97 Å². The molecule has 1 rings (SSSR count). The smallest absolute Gasteiger partial charge is 0.319 e. The van der Waals surface area contributed by atoms with E-state index in [4.69, 9.17) is 0 Å². The Bertz CT molecular complexity index is 379. The van der Waals surface area contributed by atoms with Gasteiger partial charge in [0.25, 0.3) is 0 Å². The minimum absolute atomic E-state index is 0.156. The molecule has 0 radical (unpaired) electrons. The quantitative estimate of drug-likeness (QED) is 0.473. The first-order valence-electron chi connectivity index (χ1n) is 5.52. The van der Waals surface area contributed by atoms with E-state index in [1.807, 2.05) is 11.7 Å². The fourth-order valence-electron chi connectivity index (χ4n) is 1.45. The summed E-state index contributed by atoms with van der Waals surface area (Å²) < 4.78 is 6.37. The van der Waals surface area contributed by atoms with Gasteiger partial charge in [-0.2, -0.15) is 5.10 Å². The lowest BCUT2D eigenvalue weighted by atomic mass is 10.3. The lowest BCUT2D eigenvalue weighted by molar-refractivity contribution is -0.139. The molecule has 1 aromatic heterocycles. The zero-order chi connectivity index (χ0) is 12.8. The van der Waals surface area contributed by atoms with Crippen LogP contribution >= 0.6 is 22.6 Å². The van der Waals surface area contributed by atoms with Gasteiger partial charge in [-0.05, 0) is 12.5 Å². The summed E-state index contributed by atoms with van der Waals surface area (Å²) in [6.45, 7) is 3.39. The third kappa shape index (κ3) is 4.27. The normalized spacial score (nSPS) is 12.5. The summed E-state index contributed by atoms with van der Waals surface area (Å²) in [7, 11) is 3.33. The molecule has 0 amide bonds. The number of carbonyl (C=O) groups is 1. The van der Waals surface area contributed by atoms with Crippen LogP contribution in [-0.2, 0) is 29.5 Å². The number of methoxy groups -OCH3 is 1. The number of alkyl halides is 1. The summed E-state index contributed by atoms with van der Waals surface area (Å²) in [5, 5.41) is 7.59. The maximum absolute atomic E-state index is 11.2. The Morgan fingerprint density at radius 1 is 1.71 bits per heavy atom. The molecule has 1 heterocycles. The van der Waals surface area contributed by atoms with Gasteiger partial charge in [0.15, 0.2) is 0 Å². The molecular weight excluding hydrogens is 333 g/mol. The topological polar surface area (TPSA) is 56.1 Å². The number of hydrogen-bond donors (Lipinski definition) is 1. The largest absolute Gasteiger partial charge is 0.468 e. The second-order valence-corrected chi connectivity index (χ2v) is 5.23. The SMILES string of the molecule is CCc1cc(CNCC(I)C(=O)OC)n(C)n1. The lowest BCUT2D eigenvalue weighted by Gasteiger charge is -2.09. The fourth-order valence-corrected chi connectivity index (χ4v) is 2.01. The average Bonchev–Trinajstić information content (AvgIpc) is 2.69. The second kappa shape index (κ2) is 6.95. The first-order chi connectivity index (χ1) is 8.08. The van der Waals surface area contributed by atoms with E-state index in [0.717, 1.165) is 17.8 Å². The number of esters is 1. The van der Waals surface area contributed by atoms with Crippen LogP contribution in [0.15, 0.2) is 6.07 Å². The second-order valence-electron chi connectivity index (χ2n) is 3.73. The van der Waals surface area contributed by atoms with Crippen molar-refractivity contribution in [3.63, 3.8) is 0 Å². The van der Waals surface area contributed by atoms with E-state index < -0.39 is 0 Å². The standard InChI is InChI=1S/C11H18IN3O2/c1-4-8-5-9(15(2)14-8)6-13-7-10(12)11(16)17-3/h5,10,13H,4,6-7H2,1-3H3. The van der Waals surface area contributed by atoms with Crippen molar-refractivity contribution in [2.45, 2.75) is 23.8 Å². The van der Waals surface area contributed by atoms with Crippen molar-refractivity contribution in [3.05, 3.63) is 17.5 Å². The Kier molecular flexibility index (Phi) is 5.90. The highest BCUT2D eigenvalue weighted by atomic mass is 127. The molecule has 1 aromatic rings. The molecular formula is C11H18IN3O2. The van der Waals surface area contributed by atoms with Gasteiger partial charge in [-0.1, -0.05) is 29.5 Å². The van der Waals surface area contributed by atoms with Crippen molar-refractivity contribution in [3.8, 4) is 0 Å². The number of halogens is 1. The van der Waals surface area contributed by atoms with Gasteiger partial charge < -0.3 is 10.1 Å². The molecule has 0 aliphatic carbocycles. The Hall–Kier alpha value is -0.630. The van der Waals surface area contributed by atoms with Crippen LogP contribution in [0.1, 0.15) is 18.3 Å². The summed E-state index contributed by atoms with van der Waals surface area (Å²) in [6, 6.07) is 2.08. The summed E-state index contributed by atoms with van der Waals surface area (Å²) in [4.78, 5) is 11.2. The van der Waals surface area contributed by atoms with Gasteiger partial charge in [0, 0.05) is 20.1 Å². The lowest BCUT2D eigenvalue weighted by Crippen LogP contribution is -2.29. The summed E-state index contributed by atoms with van der Waals surface area (Å²) >= 11 is 2.07. The molecule has 0 bridgehead atoms. The van der Waals surface area contributed by atoms with Gasteiger partial charge in [-0.25, -0.2) is 0 Å². The Labute approximate surface area is 115 Å². The number of aromatic nitrogens is 2. The van der Waals surface area contributed by atoms with Crippen LogP contribution < -0.4 is 5.32 Å². The van der Waals surface area contributed by atoms with E-state index in [1.165, 1.54) is 7.11 Å². The molecule has 0 saturated carbocycles. The van der Waals surface area contributed by atoms with Crippen LogP contribution in [0.3, 0.4) is 0 Å². The Morgan fingerprint density at radius 3 is 2.94 bits per heavy atom. The molecule has 0 saturated heterocycles. The summed E-state index contributed by atoms with van der Waals surface area (Å²) in [5.74, 6) is -0.197. The van der Waals surface area contributed by atoms with Gasteiger partial charge in [-0.15, -0.1) is 0 Å². The first-order valence-corrected chi connectivity index (χ1v) is 6.77. The van der Waals surface area contributed by atoms with Crippen LogP contribution in [0.2, 0.25) is 0 Å². The van der Waals surface area contributed by atoms with Crippen molar-refractivity contribution in [1.82, 2.24) is 15.1 Å². The van der Waals surface area contributed by atoms with E-state index in [9.17, 15) is 4.79 Å². The van der Waals surface area contributed by atoms with Crippen LogP contribution in [-0.4, -0.2) is 33.3 Å². The number of nitrogens with zero attached hydrogens (tertiary/aromatic N) is 2. The predicted molar refractivity (Wildman–Crippen MR) is 74.1 cm³/mol. The van der Waals surface area contributed by atoms with Crippen LogP contribution in [0, 0.1) is 0 Å². The molecule has 0 aromatic carbocycles. The Morgan fingerprint density at radius 2 is 2.41 bits per heavy atom. The van der Waals surface area contributed by atoms with Crippen LogP contribution in [0.4, 0.5) is 0 Å². The van der Waals surface area contributed by atoms with Crippen LogP contribution in [0.5, 0.6) is 0 Å². The van der Waals surface area contributed by atoms with Crippen molar-refractivity contribution >= 4 is 28.6 Å². The fraction of sp³-hybridized carbons (Fsp3) is 0.636. The Balaban J connectivity index is 2.40. The molecule has 1 atom stereocenters. The number of hydrogen-bond acceptors (Lipinski definition) is 4. The van der Waals surface area contributed by atoms with E-state index in [1.54, 1.807) is 0 Å². The number of nitrogens with one attached hydrogen (secondary N) is 1.